The minimum atomic E-state index is -0.0137. The second kappa shape index (κ2) is 8.86. The smallest absolute Gasteiger partial charge is 0.230 e. The van der Waals surface area contributed by atoms with E-state index >= 15 is 0 Å². The topological polar surface area (TPSA) is 62.1 Å². The fourth-order valence-electron chi connectivity index (χ4n) is 2.00. The number of hydrogen-bond donors (Lipinski definition) is 1. The summed E-state index contributed by atoms with van der Waals surface area (Å²) >= 11 is 1.50. The zero-order valence-electron chi connectivity index (χ0n) is 12.9. The molecule has 118 valence electrons. The van der Waals surface area contributed by atoms with E-state index in [1.54, 1.807) is 13.2 Å². The van der Waals surface area contributed by atoms with Crippen LogP contribution in [0.15, 0.2) is 48.5 Å². The highest BCUT2D eigenvalue weighted by Crippen LogP contribution is 2.16. The largest absolute Gasteiger partial charge is 0.497 e. The molecule has 0 atom stereocenters. The molecule has 1 amide bonds. The van der Waals surface area contributed by atoms with Gasteiger partial charge in [-0.2, -0.15) is 5.26 Å². The number of ether oxygens (including phenoxy) is 1. The van der Waals surface area contributed by atoms with Gasteiger partial charge in [-0.3, -0.25) is 4.79 Å². The molecule has 0 saturated heterocycles. The van der Waals surface area contributed by atoms with E-state index < -0.39 is 0 Å². The van der Waals surface area contributed by atoms with Crippen LogP contribution in [0.3, 0.4) is 0 Å². The number of hydrogen-bond acceptors (Lipinski definition) is 4. The van der Waals surface area contributed by atoms with Gasteiger partial charge < -0.3 is 10.1 Å². The first kappa shape index (κ1) is 16.9. The Hall–Kier alpha value is -2.45. The summed E-state index contributed by atoms with van der Waals surface area (Å²) in [7, 11) is 1.62. The van der Waals surface area contributed by atoms with E-state index in [4.69, 9.17) is 10.00 Å². The lowest BCUT2D eigenvalue weighted by Gasteiger charge is -2.07. The molecule has 1 N–H and O–H groups in total. The Morgan fingerprint density at radius 1 is 1.22 bits per heavy atom. The van der Waals surface area contributed by atoms with Gasteiger partial charge in [0.1, 0.15) is 5.75 Å². The Morgan fingerprint density at radius 3 is 2.65 bits per heavy atom. The van der Waals surface area contributed by atoms with Crippen LogP contribution in [0.5, 0.6) is 5.75 Å². The molecule has 0 radical (unpaired) electrons. The Morgan fingerprint density at radius 2 is 1.96 bits per heavy atom. The quantitative estimate of drug-likeness (QED) is 0.849. The fraction of sp³-hybridized carbons (Fsp3) is 0.222. The molecule has 0 saturated carbocycles. The Labute approximate surface area is 140 Å². The second-order valence-corrected chi connectivity index (χ2v) is 5.87. The molecule has 2 aromatic rings. The van der Waals surface area contributed by atoms with Gasteiger partial charge in [-0.25, -0.2) is 0 Å². The van der Waals surface area contributed by atoms with Crippen LogP contribution in [-0.4, -0.2) is 18.8 Å². The van der Waals surface area contributed by atoms with Gasteiger partial charge in [0.25, 0.3) is 0 Å². The van der Waals surface area contributed by atoms with E-state index in [0.29, 0.717) is 23.6 Å². The first-order chi connectivity index (χ1) is 11.2. The lowest BCUT2D eigenvalue weighted by molar-refractivity contribution is -0.118. The van der Waals surface area contributed by atoms with Gasteiger partial charge in [-0.1, -0.05) is 30.3 Å². The maximum atomic E-state index is 11.9. The Balaban J connectivity index is 1.73. The van der Waals surface area contributed by atoms with E-state index in [0.717, 1.165) is 16.9 Å². The van der Waals surface area contributed by atoms with Crippen molar-refractivity contribution in [3.05, 3.63) is 65.2 Å². The number of nitrogens with one attached hydrogen (secondary N) is 1. The average Bonchev–Trinajstić information content (AvgIpc) is 2.61. The summed E-state index contributed by atoms with van der Waals surface area (Å²) in [5.41, 5.74) is 2.65. The molecule has 23 heavy (non-hydrogen) atoms. The summed E-state index contributed by atoms with van der Waals surface area (Å²) in [6.07, 6.45) is 0. The zero-order chi connectivity index (χ0) is 16.5. The van der Waals surface area contributed by atoms with Crippen LogP contribution in [0.2, 0.25) is 0 Å². The van der Waals surface area contributed by atoms with Gasteiger partial charge in [0, 0.05) is 12.3 Å². The molecule has 0 spiro atoms. The summed E-state index contributed by atoms with van der Waals surface area (Å²) in [4.78, 5) is 11.9. The molecule has 0 unspecified atom stereocenters. The number of carbonyl (C=O) groups excluding carboxylic acids is 1. The maximum Gasteiger partial charge on any atom is 0.230 e. The van der Waals surface area contributed by atoms with Crippen LogP contribution in [-0.2, 0) is 17.1 Å². The van der Waals surface area contributed by atoms with Crippen molar-refractivity contribution in [3.8, 4) is 11.8 Å². The normalized spacial score (nSPS) is 9.91. The number of nitriles is 1. The Bertz CT molecular complexity index is 693. The molecule has 2 rings (SSSR count). The fourth-order valence-corrected chi connectivity index (χ4v) is 2.87. The van der Waals surface area contributed by atoms with Crippen molar-refractivity contribution in [2.75, 3.05) is 12.9 Å². The highest BCUT2D eigenvalue weighted by Gasteiger charge is 2.05. The molecule has 0 fully saturated rings. The molecule has 0 bridgehead atoms. The third-order valence-electron chi connectivity index (χ3n) is 3.28. The number of benzene rings is 2. The highest BCUT2D eigenvalue weighted by atomic mass is 32.2. The molecule has 4 nitrogen and oxygen atoms in total. The molecular formula is C18H18N2O2S. The van der Waals surface area contributed by atoms with Gasteiger partial charge in [0.2, 0.25) is 5.91 Å². The van der Waals surface area contributed by atoms with Gasteiger partial charge in [0.05, 0.1) is 24.5 Å². The van der Waals surface area contributed by atoms with Crippen molar-refractivity contribution in [2.45, 2.75) is 12.3 Å². The maximum absolute atomic E-state index is 11.9. The van der Waals surface area contributed by atoms with Crippen LogP contribution in [0.1, 0.15) is 16.7 Å². The summed E-state index contributed by atoms with van der Waals surface area (Å²) < 4.78 is 5.10. The van der Waals surface area contributed by atoms with Crippen LogP contribution in [0.25, 0.3) is 0 Å². The Kier molecular flexibility index (Phi) is 6.52. The number of thioether (sulfide) groups is 1. The SMILES string of the molecule is COc1ccc(CNC(=O)CSCc2ccccc2C#N)cc1. The summed E-state index contributed by atoms with van der Waals surface area (Å²) in [5, 5.41) is 11.9. The van der Waals surface area contributed by atoms with Crippen molar-refractivity contribution < 1.29 is 9.53 Å². The first-order valence-electron chi connectivity index (χ1n) is 7.18. The highest BCUT2D eigenvalue weighted by molar-refractivity contribution is 7.99. The summed E-state index contributed by atoms with van der Waals surface area (Å²) in [5.74, 6) is 1.81. The third kappa shape index (κ3) is 5.35. The lowest BCUT2D eigenvalue weighted by Crippen LogP contribution is -2.24. The molecule has 0 aliphatic heterocycles. The van der Waals surface area contributed by atoms with E-state index in [-0.39, 0.29) is 5.91 Å². The van der Waals surface area contributed by atoms with Crippen molar-refractivity contribution in [3.63, 3.8) is 0 Å². The lowest BCUT2D eigenvalue weighted by atomic mass is 10.1. The van der Waals surface area contributed by atoms with Crippen LogP contribution in [0.4, 0.5) is 0 Å². The molecule has 0 aliphatic carbocycles. The van der Waals surface area contributed by atoms with Gasteiger partial charge in [-0.05, 0) is 29.3 Å². The van der Waals surface area contributed by atoms with Crippen LogP contribution < -0.4 is 10.1 Å². The van der Waals surface area contributed by atoms with Crippen molar-refractivity contribution in [2.24, 2.45) is 0 Å². The number of nitrogens with zero attached hydrogens (tertiary/aromatic N) is 1. The summed E-state index contributed by atoms with van der Waals surface area (Å²) in [6, 6.07) is 17.2. The molecule has 0 aliphatic rings. The number of rotatable bonds is 7. The molecule has 0 aromatic heterocycles. The van der Waals surface area contributed by atoms with Crippen LogP contribution >= 0.6 is 11.8 Å². The van der Waals surface area contributed by atoms with Crippen LogP contribution in [0, 0.1) is 11.3 Å². The van der Waals surface area contributed by atoms with Crippen molar-refractivity contribution in [1.82, 2.24) is 5.32 Å². The van der Waals surface area contributed by atoms with Gasteiger partial charge >= 0.3 is 0 Å². The number of amides is 1. The minimum absolute atomic E-state index is 0.0137. The zero-order valence-corrected chi connectivity index (χ0v) is 13.7. The monoisotopic (exact) mass is 326 g/mol. The average molecular weight is 326 g/mol. The van der Waals surface area contributed by atoms with E-state index in [9.17, 15) is 4.79 Å². The van der Waals surface area contributed by atoms with E-state index in [1.807, 2.05) is 42.5 Å². The van der Waals surface area contributed by atoms with Crippen molar-refractivity contribution in [1.29, 1.82) is 5.26 Å². The first-order valence-corrected chi connectivity index (χ1v) is 8.34. The third-order valence-corrected chi connectivity index (χ3v) is 4.26. The second-order valence-electron chi connectivity index (χ2n) is 4.89. The van der Waals surface area contributed by atoms with Crippen molar-refractivity contribution >= 4 is 17.7 Å². The predicted molar refractivity (Wildman–Crippen MR) is 92.2 cm³/mol. The molecular weight excluding hydrogens is 308 g/mol. The minimum Gasteiger partial charge on any atom is -0.497 e. The number of carbonyl (C=O) groups is 1. The standard InChI is InChI=1S/C18H18N2O2S/c1-22-17-8-6-14(7-9-17)11-20-18(21)13-23-12-16-5-3-2-4-15(16)10-19/h2-9H,11-13H2,1H3,(H,20,21). The van der Waals surface area contributed by atoms with E-state index in [2.05, 4.69) is 11.4 Å². The van der Waals surface area contributed by atoms with Gasteiger partial charge in [-0.15, -0.1) is 11.8 Å². The van der Waals surface area contributed by atoms with Gasteiger partial charge in [0.15, 0.2) is 0 Å². The summed E-state index contributed by atoms with van der Waals surface area (Å²) in [6.45, 7) is 0.498. The molecule has 2 aromatic carbocycles. The van der Waals surface area contributed by atoms with E-state index in [1.165, 1.54) is 11.8 Å². The predicted octanol–water partition coefficient (Wildman–Crippen LogP) is 3.12. The molecule has 0 heterocycles. The number of methoxy groups -OCH3 is 1. The molecule has 5 heteroatoms.